The summed E-state index contributed by atoms with van der Waals surface area (Å²) in [7, 11) is 0. The number of hydrogen-bond donors (Lipinski definition) is 0. The number of halogens is 3. The van der Waals surface area contributed by atoms with Crippen LogP contribution in [0.4, 0.5) is 13.2 Å². The molecule has 5 heteroatoms. The van der Waals surface area contributed by atoms with Crippen molar-refractivity contribution >= 4 is 5.91 Å². The van der Waals surface area contributed by atoms with Gasteiger partial charge in [-0.25, -0.2) is 0 Å². The minimum absolute atomic E-state index is 0.0965. The zero-order valence-corrected chi connectivity index (χ0v) is 8.58. The van der Waals surface area contributed by atoms with Gasteiger partial charge in [-0.1, -0.05) is 6.07 Å². The molecule has 1 saturated heterocycles. The van der Waals surface area contributed by atoms with Crippen LogP contribution in [0.15, 0.2) is 24.3 Å². The van der Waals surface area contributed by atoms with Crippen molar-refractivity contribution in [2.75, 3.05) is 6.54 Å². The van der Waals surface area contributed by atoms with Crippen LogP contribution in [0.3, 0.4) is 0 Å². The third kappa shape index (κ3) is 2.03. The molecule has 0 saturated carbocycles. The summed E-state index contributed by atoms with van der Waals surface area (Å²) in [6, 6.07) is 4.66. The Morgan fingerprint density at radius 1 is 1.44 bits per heavy atom. The molecular weight excluding hydrogens is 219 g/mol. The van der Waals surface area contributed by atoms with Crippen LogP contribution in [0.5, 0.6) is 0 Å². The molecule has 1 fully saturated rings. The van der Waals surface area contributed by atoms with Crippen LogP contribution in [-0.2, 0) is 6.18 Å². The second kappa shape index (κ2) is 3.50. The molecule has 1 heterocycles. The molecule has 1 aliphatic heterocycles. The summed E-state index contributed by atoms with van der Waals surface area (Å²) in [6.45, 7) is 2.47. The highest BCUT2D eigenvalue weighted by Crippen LogP contribution is 2.30. The fraction of sp³-hybridized carbons (Fsp3) is 0.364. The van der Waals surface area contributed by atoms with Gasteiger partial charge < -0.3 is 4.90 Å². The van der Waals surface area contributed by atoms with Crippen molar-refractivity contribution in [2.45, 2.75) is 19.1 Å². The molecule has 1 aromatic rings. The maximum Gasteiger partial charge on any atom is 0.416 e. The Bertz CT molecular complexity index is 427. The normalized spacial score (nSPS) is 19.8. The summed E-state index contributed by atoms with van der Waals surface area (Å²) in [6.07, 6.45) is -4.40. The minimum Gasteiger partial charge on any atom is -0.332 e. The Balaban J connectivity index is 2.26. The van der Waals surface area contributed by atoms with Crippen LogP contribution in [0, 0.1) is 0 Å². The lowest BCUT2D eigenvalue weighted by molar-refractivity contribution is -0.137. The van der Waals surface area contributed by atoms with Crippen LogP contribution in [-0.4, -0.2) is 23.4 Å². The molecule has 1 atom stereocenters. The Labute approximate surface area is 90.7 Å². The second-order valence-corrected chi connectivity index (χ2v) is 3.89. The van der Waals surface area contributed by atoms with Gasteiger partial charge in [-0.2, -0.15) is 13.2 Å². The zero-order valence-electron chi connectivity index (χ0n) is 8.58. The number of hydrogen-bond acceptors (Lipinski definition) is 1. The van der Waals surface area contributed by atoms with Crippen molar-refractivity contribution in [3.8, 4) is 0 Å². The van der Waals surface area contributed by atoms with Crippen LogP contribution >= 0.6 is 0 Å². The molecule has 16 heavy (non-hydrogen) atoms. The number of rotatable bonds is 1. The smallest absolute Gasteiger partial charge is 0.332 e. The van der Waals surface area contributed by atoms with Crippen LogP contribution in [0.25, 0.3) is 0 Å². The third-order valence-electron chi connectivity index (χ3n) is 2.56. The van der Waals surface area contributed by atoms with E-state index in [2.05, 4.69) is 0 Å². The quantitative estimate of drug-likeness (QED) is 0.677. The average molecular weight is 229 g/mol. The standard InChI is InChI=1S/C11H10F3NO/c1-7-6-15(7)10(16)8-3-2-4-9(5-8)11(12,13)14/h2-5,7H,6H2,1H3. The summed E-state index contributed by atoms with van der Waals surface area (Å²) < 4.78 is 37.2. The molecule has 0 N–H and O–H groups in total. The van der Waals surface area contributed by atoms with E-state index in [1.165, 1.54) is 17.0 Å². The van der Waals surface area contributed by atoms with Gasteiger partial charge in [-0.15, -0.1) is 0 Å². The summed E-state index contributed by atoms with van der Waals surface area (Å²) in [4.78, 5) is 13.2. The fourth-order valence-electron chi connectivity index (χ4n) is 1.51. The summed E-state index contributed by atoms with van der Waals surface area (Å²) in [5, 5.41) is 0. The Hall–Kier alpha value is -1.52. The molecule has 0 aliphatic carbocycles. The second-order valence-electron chi connectivity index (χ2n) is 3.89. The van der Waals surface area contributed by atoms with Crippen molar-refractivity contribution in [1.29, 1.82) is 0 Å². The molecule has 1 aromatic carbocycles. The maximum absolute atomic E-state index is 12.4. The van der Waals surface area contributed by atoms with E-state index in [9.17, 15) is 18.0 Å². The van der Waals surface area contributed by atoms with E-state index < -0.39 is 11.7 Å². The summed E-state index contributed by atoms with van der Waals surface area (Å²) in [5.74, 6) is -0.335. The molecule has 0 aromatic heterocycles. The van der Waals surface area contributed by atoms with E-state index in [1.54, 1.807) is 0 Å². The first-order valence-electron chi connectivity index (χ1n) is 4.88. The Kier molecular flexibility index (Phi) is 2.40. The van der Waals surface area contributed by atoms with Gasteiger partial charge in [0.05, 0.1) is 5.56 Å². The maximum atomic E-state index is 12.4. The van der Waals surface area contributed by atoms with Crippen molar-refractivity contribution in [3.63, 3.8) is 0 Å². The van der Waals surface area contributed by atoms with Crippen molar-refractivity contribution in [3.05, 3.63) is 35.4 Å². The van der Waals surface area contributed by atoms with Crippen LogP contribution < -0.4 is 0 Å². The van der Waals surface area contributed by atoms with Crippen LogP contribution in [0.2, 0.25) is 0 Å². The van der Waals surface area contributed by atoms with Gasteiger partial charge in [-0.05, 0) is 25.1 Å². The van der Waals surface area contributed by atoms with E-state index in [4.69, 9.17) is 0 Å². The molecule has 2 rings (SSSR count). The van der Waals surface area contributed by atoms with Crippen molar-refractivity contribution in [1.82, 2.24) is 4.90 Å². The first-order valence-corrected chi connectivity index (χ1v) is 4.88. The van der Waals surface area contributed by atoms with Gasteiger partial charge in [0, 0.05) is 18.2 Å². The van der Waals surface area contributed by atoms with Gasteiger partial charge >= 0.3 is 6.18 Å². The van der Waals surface area contributed by atoms with Gasteiger partial charge in [0.25, 0.3) is 5.91 Å². The van der Waals surface area contributed by atoms with Crippen LogP contribution in [0.1, 0.15) is 22.8 Å². The number of carbonyl (C=O) groups excluding carboxylic acids is 1. The molecule has 1 aliphatic rings. The Morgan fingerprint density at radius 3 is 2.56 bits per heavy atom. The highest BCUT2D eigenvalue weighted by Gasteiger charge is 2.36. The van der Waals surface area contributed by atoms with E-state index in [-0.39, 0.29) is 17.5 Å². The molecule has 1 unspecified atom stereocenters. The lowest BCUT2D eigenvalue weighted by atomic mass is 10.1. The molecule has 1 amide bonds. The fourth-order valence-corrected chi connectivity index (χ4v) is 1.51. The zero-order chi connectivity index (χ0) is 11.9. The highest BCUT2D eigenvalue weighted by atomic mass is 19.4. The predicted molar refractivity (Wildman–Crippen MR) is 51.9 cm³/mol. The lowest BCUT2D eigenvalue weighted by Gasteiger charge is -2.08. The van der Waals surface area contributed by atoms with Gasteiger partial charge in [0.15, 0.2) is 0 Å². The average Bonchev–Trinajstić information content (AvgIpc) is 2.93. The molecule has 2 nitrogen and oxygen atoms in total. The number of alkyl halides is 3. The van der Waals surface area contributed by atoms with Gasteiger partial charge in [0.2, 0.25) is 0 Å². The molecule has 0 bridgehead atoms. The summed E-state index contributed by atoms with van der Waals surface area (Å²) in [5.41, 5.74) is -0.688. The minimum atomic E-state index is -4.40. The van der Waals surface area contributed by atoms with E-state index in [0.29, 0.717) is 6.54 Å². The van der Waals surface area contributed by atoms with Gasteiger partial charge in [-0.3, -0.25) is 4.79 Å². The molecule has 0 spiro atoms. The lowest BCUT2D eigenvalue weighted by Crippen LogP contribution is -2.14. The number of carbonyl (C=O) groups is 1. The van der Waals surface area contributed by atoms with Crippen molar-refractivity contribution in [2.24, 2.45) is 0 Å². The van der Waals surface area contributed by atoms with Gasteiger partial charge in [0.1, 0.15) is 0 Å². The largest absolute Gasteiger partial charge is 0.416 e. The summed E-state index contributed by atoms with van der Waals surface area (Å²) >= 11 is 0. The predicted octanol–water partition coefficient (Wildman–Crippen LogP) is 2.55. The monoisotopic (exact) mass is 229 g/mol. The third-order valence-corrected chi connectivity index (χ3v) is 2.56. The van der Waals surface area contributed by atoms with E-state index >= 15 is 0 Å². The highest BCUT2D eigenvalue weighted by molar-refractivity contribution is 5.96. The molecule has 0 radical (unpaired) electrons. The first-order chi connectivity index (χ1) is 7.39. The number of nitrogens with zero attached hydrogens (tertiary/aromatic N) is 1. The molecule has 86 valence electrons. The first kappa shape index (κ1) is 11.0. The number of amides is 1. The van der Waals surface area contributed by atoms with E-state index in [1.807, 2.05) is 6.92 Å². The molecular formula is C11H10F3NO. The van der Waals surface area contributed by atoms with Crippen molar-refractivity contribution < 1.29 is 18.0 Å². The Morgan fingerprint density at radius 2 is 2.06 bits per heavy atom. The number of benzene rings is 1. The van der Waals surface area contributed by atoms with E-state index in [0.717, 1.165) is 12.1 Å². The topological polar surface area (TPSA) is 20.1 Å². The SMILES string of the molecule is CC1CN1C(=O)c1cccc(C(F)(F)F)c1.